The van der Waals surface area contributed by atoms with Crippen LogP contribution in [0.1, 0.15) is 16.7 Å². The summed E-state index contributed by atoms with van der Waals surface area (Å²) < 4.78 is 4.72. The van der Waals surface area contributed by atoms with Crippen molar-refractivity contribution >= 4 is 22.8 Å². The van der Waals surface area contributed by atoms with E-state index in [1.807, 2.05) is 47.9 Å². The maximum absolute atomic E-state index is 13.4. The van der Waals surface area contributed by atoms with Crippen molar-refractivity contribution in [2.45, 2.75) is 26.9 Å². The summed E-state index contributed by atoms with van der Waals surface area (Å²) in [5, 5.41) is 0. The number of rotatable bonds is 3. The van der Waals surface area contributed by atoms with Gasteiger partial charge >= 0.3 is 5.69 Å². The molecule has 2 aromatic heterocycles. The first-order valence-electron chi connectivity index (χ1n) is 10.0. The van der Waals surface area contributed by atoms with E-state index in [4.69, 9.17) is 4.98 Å². The van der Waals surface area contributed by atoms with Crippen LogP contribution in [0.5, 0.6) is 0 Å². The van der Waals surface area contributed by atoms with Gasteiger partial charge in [-0.05, 0) is 37.1 Å². The molecule has 1 aliphatic rings. The zero-order chi connectivity index (χ0) is 21.0. The summed E-state index contributed by atoms with van der Waals surface area (Å²) in [4.78, 5) is 33.1. The van der Waals surface area contributed by atoms with Crippen LogP contribution in [-0.4, -0.2) is 25.2 Å². The predicted molar refractivity (Wildman–Crippen MR) is 118 cm³/mol. The second-order valence-electron chi connectivity index (χ2n) is 7.94. The summed E-state index contributed by atoms with van der Waals surface area (Å²) in [5.74, 6) is 0.704. The molecular weight excluding hydrogens is 378 g/mol. The van der Waals surface area contributed by atoms with Crippen LogP contribution in [0.4, 0.5) is 11.6 Å². The zero-order valence-corrected chi connectivity index (χ0v) is 17.3. The largest absolute Gasteiger partial charge is 0.332 e. The number of aryl methyl sites for hydroxylation is 3. The maximum atomic E-state index is 13.4. The number of benzene rings is 2. The molecule has 30 heavy (non-hydrogen) atoms. The Labute approximate surface area is 173 Å². The smallest absolute Gasteiger partial charge is 0.310 e. The second kappa shape index (κ2) is 6.73. The first-order chi connectivity index (χ1) is 14.4. The quantitative estimate of drug-likeness (QED) is 0.530. The minimum atomic E-state index is -0.355. The van der Waals surface area contributed by atoms with Crippen molar-refractivity contribution in [2.75, 3.05) is 11.4 Å². The van der Waals surface area contributed by atoms with Crippen LogP contribution >= 0.6 is 0 Å². The van der Waals surface area contributed by atoms with Crippen LogP contribution in [0.3, 0.4) is 0 Å². The molecule has 1 aliphatic heterocycles. The number of hydrogen-bond acceptors (Lipinski definition) is 4. The van der Waals surface area contributed by atoms with E-state index < -0.39 is 0 Å². The van der Waals surface area contributed by atoms with Gasteiger partial charge in [0, 0.05) is 25.8 Å². The number of aromatic nitrogens is 4. The molecule has 0 bridgehead atoms. The zero-order valence-electron chi connectivity index (χ0n) is 17.3. The predicted octanol–water partition coefficient (Wildman–Crippen LogP) is 2.71. The molecule has 0 atom stereocenters. The fourth-order valence-electron chi connectivity index (χ4n) is 4.13. The van der Waals surface area contributed by atoms with Gasteiger partial charge in [-0.15, -0.1) is 0 Å². The highest BCUT2D eigenvalue weighted by Gasteiger charge is 2.28. The van der Waals surface area contributed by atoms with Gasteiger partial charge in [0.1, 0.15) is 0 Å². The molecule has 0 saturated carbocycles. The van der Waals surface area contributed by atoms with Crippen LogP contribution < -0.4 is 16.1 Å². The maximum Gasteiger partial charge on any atom is 0.332 e. The lowest BCUT2D eigenvalue weighted by Crippen LogP contribution is -2.40. The second-order valence-corrected chi connectivity index (χ2v) is 7.94. The Balaban J connectivity index is 1.67. The van der Waals surface area contributed by atoms with E-state index >= 15 is 0 Å². The summed E-state index contributed by atoms with van der Waals surface area (Å²) in [6.07, 6.45) is 0. The van der Waals surface area contributed by atoms with Crippen LogP contribution in [-0.2, 0) is 20.1 Å². The van der Waals surface area contributed by atoms with Crippen molar-refractivity contribution < 1.29 is 0 Å². The molecule has 0 aliphatic carbocycles. The number of fused-ring (bicyclic) bond motifs is 3. The lowest BCUT2D eigenvalue weighted by atomic mass is 10.1. The third kappa shape index (κ3) is 2.77. The molecule has 5 rings (SSSR count). The Morgan fingerprint density at radius 1 is 0.967 bits per heavy atom. The van der Waals surface area contributed by atoms with E-state index in [1.54, 1.807) is 7.05 Å². The van der Waals surface area contributed by atoms with Crippen molar-refractivity contribution in [2.24, 2.45) is 7.05 Å². The Morgan fingerprint density at radius 3 is 2.47 bits per heavy atom. The van der Waals surface area contributed by atoms with Crippen molar-refractivity contribution in [1.29, 1.82) is 0 Å². The molecule has 2 aromatic carbocycles. The first kappa shape index (κ1) is 18.4. The van der Waals surface area contributed by atoms with E-state index in [1.165, 1.54) is 9.13 Å². The monoisotopic (exact) mass is 401 g/mol. The fraction of sp³-hybridized carbons (Fsp3) is 0.261. The molecule has 3 heterocycles. The summed E-state index contributed by atoms with van der Waals surface area (Å²) in [7, 11) is 1.68. The highest BCUT2D eigenvalue weighted by molar-refractivity contribution is 5.77. The van der Waals surface area contributed by atoms with Crippen molar-refractivity contribution in [3.05, 3.63) is 86.1 Å². The van der Waals surface area contributed by atoms with Crippen LogP contribution in [0, 0.1) is 13.8 Å². The molecule has 7 heteroatoms. The average molecular weight is 401 g/mol. The van der Waals surface area contributed by atoms with E-state index in [2.05, 4.69) is 24.0 Å². The molecule has 0 fully saturated rings. The molecular formula is C23H23N5O2. The molecule has 0 amide bonds. The van der Waals surface area contributed by atoms with Gasteiger partial charge < -0.3 is 9.47 Å². The summed E-state index contributed by atoms with van der Waals surface area (Å²) in [6.45, 7) is 5.69. The van der Waals surface area contributed by atoms with Gasteiger partial charge in [0.2, 0.25) is 5.95 Å². The van der Waals surface area contributed by atoms with Crippen LogP contribution in [0.15, 0.2) is 58.1 Å². The highest BCUT2D eigenvalue weighted by atomic mass is 16.2. The minimum Gasteiger partial charge on any atom is -0.310 e. The number of hydrogen-bond donors (Lipinski definition) is 0. The van der Waals surface area contributed by atoms with Crippen molar-refractivity contribution in [1.82, 2.24) is 18.7 Å². The van der Waals surface area contributed by atoms with Gasteiger partial charge in [-0.1, -0.05) is 42.0 Å². The summed E-state index contributed by atoms with van der Waals surface area (Å²) >= 11 is 0. The Bertz CT molecular complexity index is 1390. The SMILES string of the molecule is Cc1ccc(Cn2c(=O)c3c(nc4n3CCN4c3cccc(C)c3)n(C)c2=O)cc1. The molecule has 0 radical (unpaired) electrons. The van der Waals surface area contributed by atoms with Crippen LogP contribution in [0.2, 0.25) is 0 Å². The van der Waals surface area contributed by atoms with E-state index in [0.29, 0.717) is 23.7 Å². The van der Waals surface area contributed by atoms with Gasteiger partial charge in [0.05, 0.1) is 6.54 Å². The van der Waals surface area contributed by atoms with Crippen molar-refractivity contribution in [3.8, 4) is 0 Å². The lowest BCUT2D eigenvalue weighted by Gasteiger charge is -2.16. The molecule has 0 N–H and O–H groups in total. The summed E-state index contributed by atoms with van der Waals surface area (Å²) in [5.41, 5.74) is 4.52. The topological polar surface area (TPSA) is 65.1 Å². The molecule has 0 spiro atoms. The molecule has 7 nitrogen and oxygen atoms in total. The minimum absolute atomic E-state index is 0.240. The Hall–Kier alpha value is -3.61. The van der Waals surface area contributed by atoms with E-state index in [-0.39, 0.29) is 17.8 Å². The normalized spacial score (nSPS) is 13.2. The molecule has 4 aromatic rings. The molecule has 152 valence electrons. The van der Waals surface area contributed by atoms with E-state index in [0.717, 1.165) is 28.9 Å². The molecule has 0 saturated heterocycles. The third-order valence-electron chi connectivity index (χ3n) is 5.78. The van der Waals surface area contributed by atoms with E-state index in [9.17, 15) is 9.59 Å². The lowest BCUT2D eigenvalue weighted by molar-refractivity contribution is 0.652. The highest BCUT2D eigenvalue weighted by Crippen LogP contribution is 2.31. The first-order valence-corrected chi connectivity index (χ1v) is 10.0. The van der Waals surface area contributed by atoms with Gasteiger partial charge in [-0.3, -0.25) is 13.9 Å². The van der Waals surface area contributed by atoms with Gasteiger partial charge in [-0.2, -0.15) is 4.98 Å². The third-order valence-corrected chi connectivity index (χ3v) is 5.78. The summed E-state index contributed by atoms with van der Waals surface area (Å²) in [6, 6.07) is 16.1. The van der Waals surface area contributed by atoms with Gasteiger partial charge in [0.15, 0.2) is 11.2 Å². The fourth-order valence-corrected chi connectivity index (χ4v) is 4.13. The molecule has 0 unspecified atom stereocenters. The number of nitrogens with zero attached hydrogens (tertiary/aromatic N) is 5. The average Bonchev–Trinajstić information content (AvgIpc) is 3.30. The van der Waals surface area contributed by atoms with Gasteiger partial charge in [0.25, 0.3) is 5.56 Å². The van der Waals surface area contributed by atoms with Crippen LogP contribution in [0.25, 0.3) is 11.2 Å². The standard InChI is InChI=1S/C23H23N5O2/c1-15-7-9-17(10-8-15)14-28-21(29)19-20(25(3)23(28)30)24-22-26(11-12-27(19)22)18-6-4-5-16(2)13-18/h4-10,13H,11-12,14H2,1-3H3. The van der Waals surface area contributed by atoms with Gasteiger partial charge in [-0.25, -0.2) is 4.79 Å². The number of anilines is 2. The Morgan fingerprint density at radius 2 is 1.73 bits per heavy atom. The van der Waals surface area contributed by atoms with Crippen molar-refractivity contribution in [3.63, 3.8) is 0 Å². The number of imidazole rings is 1. The Kier molecular flexibility index (Phi) is 4.13.